The average Bonchev–Trinajstić information content (AvgIpc) is 2.54. The molecule has 23 heavy (non-hydrogen) atoms. The minimum absolute atomic E-state index is 0.189. The fourth-order valence-electron chi connectivity index (χ4n) is 2.88. The molecule has 0 spiro atoms. The SMILES string of the molecule is O=C(O)Nc1cccc(NC(=O)c2ccc3c(c2)CCCC3)c1. The van der Waals surface area contributed by atoms with E-state index in [9.17, 15) is 9.59 Å². The van der Waals surface area contributed by atoms with Gasteiger partial charge in [-0.3, -0.25) is 10.1 Å². The van der Waals surface area contributed by atoms with Crippen LogP contribution in [-0.4, -0.2) is 17.1 Å². The van der Waals surface area contributed by atoms with Crippen molar-refractivity contribution in [3.8, 4) is 0 Å². The van der Waals surface area contributed by atoms with E-state index in [-0.39, 0.29) is 5.91 Å². The minimum atomic E-state index is -1.14. The number of hydrogen-bond acceptors (Lipinski definition) is 2. The van der Waals surface area contributed by atoms with Gasteiger partial charge >= 0.3 is 6.09 Å². The standard InChI is InChI=1S/C18H18N2O3/c21-17(14-9-8-12-4-1-2-5-13(12)10-14)19-15-6-3-7-16(11-15)20-18(22)23/h3,6-11,20H,1-2,4-5H2,(H,19,21)(H,22,23). The molecule has 0 aliphatic heterocycles. The molecule has 2 aromatic carbocycles. The molecular weight excluding hydrogens is 292 g/mol. The van der Waals surface area contributed by atoms with Crippen LogP contribution in [0.25, 0.3) is 0 Å². The Labute approximate surface area is 134 Å². The first-order valence-electron chi connectivity index (χ1n) is 7.65. The summed E-state index contributed by atoms with van der Waals surface area (Å²) in [7, 11) is 0. The van der Waals surface area contributed by atoms with Gasteiger partial charge in [-0.15, -0.1) is 0 Å². The molecule has 2 amide bonds. The van der Waals surface area contributed by atoms with Crippen LogP contribution in [0.3, 0.4) is 0 Å². The molecule has 0 radical (unpaired) electrons. The van der Waals surface area contributed by atoms with Crippen LogP contribution in [-0.2, 0) is 12.8 Å². The van der Waals surface area contributed by atoms with Gasteiger partial charge in [0.05, 0.1) is 0 Å². The van der Waals surface area contributed by atoms with E-state index in [1.807, 2.05) is 18.2 Å². The summed E-state index contributed by atoms with van der Waals surface area (Å²) in [6, 6.07) is 12.5. The summed E-state index contributed by atoms with van der Waals surface area (Å²) in [5, 5.41) is 13.8. The number of aryl methyl sites for hydroxylation is 2. The summed E-state index contributed by atoms with van der Waals surface area (Å²) in [5.74, 6) is -0.189. The van der Waals surface area contributed by atoms with E-state index in [0.29, 0.717) is 16.9 Å². The smallest absolute Gasteiger partial charge is 0.409 e. The Morgan fingerprint density at radius 1 is 0.870 bits per heavy atom. The highest BCUT2D eigenvalue weighted by atomic mass is 16.4. The van der Waals surface area contributed by atoms with E-state index >= 15 is 0 Å². The van der Waals surface area contributed by atoms with Crippen molar-refractivity contribution in [1.82, 2.24) is 0 Å². The van der Waals surface area contributed by atoms with Gasteiger partial charge in [-0.05, 0) is 67.1 Å². The van der Waals surface area contributed by atoms with E-state index in [2.05, 4.69) is 10.6 Å². The van der Waals surface area contributed by atoms with Crippen molar-refractivity contribution in [2.45, 2.75) is 25.7 Å². The van der Waals surface area contributed by atoms with Gasteiger partial charge in [0.25, 0.3) is 5.91 Å². The van der Waals surface area contributed by atoms with Gasteiger partial charge in [-0.25, -0.2) is 4.79 Å². The summed E-state index contributed by atoms with van der Waals surface area (Å²) < 4.78 is 0. The molecule has 3 N–H and O–H groups in total. The molecule has 0 fully saturated rings. The second-order valence-corrected chi connectivity index (χ2v) is 5.66. The van der Waals surface area contributed by atoms with Crippen LogP contribution in [0, 0.1) is 0 Å². The monoisotopic (exact) mass is 310 g/mol. The second-order valence-electron chi connectivity index (χ2n) is 5.66. The zero-order chi connectivity index (χ0) is 16.2. The third kappa shape index (κ3) is 3.69. The number of amides is 2. The molecule has 1 aliphatic rings. The molecule has 1 aliphatic carbocycles. The van der Waals surface area contributed by atoms with Crippen molar-refractivity contribution < 1.29 is 14.7 Å². The topological polar surface area (TPSA) is 78.4 Å². The number of hydrogen-bond donors (Lipinski definition) is 3. The largest absolute Gasteiger partial charge is 0.465 e. The number of benzene rings is 2. The summed E-state index contributed by atoms with van der Waals surface area (Å²) in [6.07, 6.45) is 3.35. The van der Waals surface area contributed by atoms with E-state index in [4.69, 9.17) is 5.11 Å². The molecular formula is C18H18N2O3. The Balaban J connectivity index is 1.75. The molecule has 0 bridgehead atoms. The van der Waals surface area contributed by atoms with Crippen molar-refractivity contribution in [2.24, 2.45) is 0 Å². The molecule has 0 atom stereocenters. The molecule has 0 aromatic heterocycles. The van der Waals surface area contributed by atoms with Gasteiger partial charge in [0.2, 0.25) is 0 Å². The van der Waals surface area contributed by atoms with Crippen LogP contribution in [0.5, 0.6) is 0 Å². The fourth-order valence-corrected chi connectivity index (χ4v) is 2.88. The van der Waals surface area contributed by atoms with Crippen LogP contribution in [0.4, 0.5) is 16.2 Å². The van der Waals surface area contributed by atoms with Crippen molar-refractivity contribution in [3.05, 3.63) is 59.2 Å². The fraction of sp³-hybridized carbons (Fsp3) is 0.222. The van der Waals surface area contributed by atoms with Crippen molar-refractivity contribution in [2.75, 3.05) is 10.6 Å². The molecule has 0 unspecified atom stereocenters. The third-order valence-electron chi connectivity index (χ3n) is 3.98. The molecule has 0 saturated heterocycles. The van der Waals surface area contributed by atoms with Crippen molar-refractivity contribution >= 4 is 23.4 Å². The lowest BCUT2D eigenvalue weighted by Gasteiger charge is -2.16. The molecule has 0 heterocycles. The van der Waals surface area contributed by atoms with Gasteiger partial charge < -0.3 is 10.4 Å². The van der Waals surface area contributed by atoms with Crippen LogP contribution in [0.15, 0.2) is 42.5 Å². The third-order valence-corrected chi connectivity index (χ3v) is 3.98. The molecule has 3 rings (SSSR count). The van der Waals surface area contributed by atoms with E-state index in [0.717, 1.165) is 12.8 Å². The number of fused-ring (bicyclic) bond motifs is 1. The highest BCUT2D eigenvalue weighted by Gasteiger charge is 2.13. The number of anilines is 2. The normalized spacial score (nSPS) is 13.0. The number of carbonyl (C=O) groups excluding carboxylic acids is 1. The lowest BCUT2D eigenvalue weighted by atomic mass is 9.90. The lowest BCUT2D eigenvalue weighted by Crippen LogP contribution is -2.14. The Morgan fingerprint density at radius 3 is 2.30 bits per heavy atom. The van der Waals surface area contributed by atoms with Gasteiger partial charge in [0, 0.05) is 16.9 Å². The number of nitrogens with one attached hydrogen (secondary N) is 2. The Hall–Kier alpha value is -2.82. The first-order chi connectivity index (χ1) is 11.1. The minimum Gasteiger partial charge on any atom is -0.465 e. The Bertz CT molecular complexity index is 756. The number of rotatable bonds is 3. The predicted molar refractivity (Wildman–Crippen MR) is 89.1 cm³/mol. The molecule has 2 aromatic rings. The number of carbonyl (C=O) groups is 2. The van der Waals surface area contributed by atoms with Crippen LogP contribution < -0.4 is 10.6 Å². The van der Waals surface area contributed by atoms with Gasteiger partial charge in [0.15, 0.2) is 0 Å². The second kappa shape index (κ2) is 6.52. The van der Waals surface area contributed by atoms with Crippen molar-refractivity contribution in [3.63, 3.8) is 0 Å². The van der Waals surface area contributed by atoms with Gasteiger partial charge in [-0.2, -0.15) is 0 Å². The summed E-state index contributed by atoms with van der Waals surface area (Å²) in [4.78, 5) is 23.0. The Kier molecular flexibility index (Phi) is 4.28. The molecule has 5 heteroatoms. The average molecular weight is 310 g/mol. The highest BCUT2D eigenvalue weighted by Crippen LogP contribution is 2.23. The van der Waals surface area contributed by atoms with E-state index in [1.165, 1.54) is 24.0 Å². The van der Waals surface area contributed by atoms with Gasteiger partial charge in [-0.1, -0.05) is 12.1 Å². The summed E-state index contributed by atoms with van der Waals surface area (Å²) >= 11 is 0. The van der Waals surface area contributed by atoms with Gasteiger partial charge in [0.1, 0.15) is 0 Å². The zero-order valence-corrected chi connectivity index (χ0v) is 12.6. The highest BCUT2D eigenvalue weighted by molar-refractivity contribution is 6.04. The molecule has 118 valence electrons. The first-order valence-corrected chi connectivity index (χ1v) is 7.65. The van der Waals surface area contributed by atoms with Crippen LogP contribution in [0.2, 0.25) is 0 Å². The maximum Gasteiger partial charge on any atom is 0.409 e. The maximum absolute atomic E-state index is 12.4. The van der Waals surface area contributed by atoms with Crippen LogP contribution >= 0.6 is 0 Å². The van der Waals surface area contributed by atoms with Crippen molar-refractivity contribution in [1.29, 1.82) is 0 Å². The number of carboxylic acid groups (broad SMARTS) is 1. The summed E-state index contributed by atoms with van der Waals surface area (Å²) in [5.41, 5.74) is 4.19. The Morgan fingerprint density at radius 2 is 1.57 bits per heavy atom. The summed E-state index contributed by atoms with van der Waals surface area (Å²) in [6.45, 7) is 0. The zero-order valence-electron chi connectivity index (χ0n) is 12.6. The van der Waals surface area contributed by atoms with E-state index in [1.54, 1.807) is 24.3 Å². The molecule has 0 saturated carbocycles. The maximum atomic E-state index is 12.4. The predicted octanol–water partition coefficient (Wildman–Crippen LogP) is 3.91. The lowest BCUT2D eigenvalue weighted by molar-refractivity contribution is 0.102. The first kappa shape index (κ1) is 15.1. The van der Waals surface area contributed by atoms with Crippen LogP contribution in [0.1, 0.15) is 34.3 Å². The quantitative estimate of drug-likeness (QED) is 0.804. The molecule has 5 nitrogen and oxygen atoms in total. The van der Waals surface area contributed by atoms with E-state index < -0.39 is 6.09 Å².